The van der Waals surface area contributed by atoms with Crippen molar-refractivity contribution in [2.45, 2.75) is 13.8 Å². The van der Waals surface area contributed by atoms with Crippen molar-refractivity contribution < 1.29 is 4.79 Å². The predicted molar refractivity (Wildman–Crippen MR) is 67.2 cm³/mol. The van der Waals surface area contributed by atoms with E-state index in [9.17, 15) is 4.79 Å². The summed E-state index contributed by atoms with van der Waals surface area (Å²) in [7, 11) is 0. The summed E-state index contributed by atoms with van der Waals surface area (Å²) in [5, 5.41) is 8.76. The van der Waals surface area contributed by atoms with Crippen LogP contribution in [-0.4, -0.2) is 23.9 Å². The average molecular weight is 231 g/mol. The van der Waals surface area contributed by atoms with Crippen molar-refractivity contribution in [3.63, 3.8) is 0 Å². The smallest absolute Gasteiger partial charge is 0.253 e. The number of anilines is 1. The summed E-state index contributed by atoms with van der Waals surface area (Å²) in [6.45, 7) is 4.75. The molecule has 0 aliphatic heterocycles. The van der Waals surface area contributed by atoms with E-state index in [4.69, 9.17) is 11.0 Å². The van der Waals surface area contributed by atoms with Crippen molar-refractivity contribution in [2.24, 2.45) is 5.92 Å². The van der Waals surface area contributed by atoms with Crippen LogP contribution in [0.1, 0.15) is 24.2 Å². The third-order valence-electron chi connectivity index (χ3n) is 2.54. The minimum Gasteiger partial charge on any atom is -0.399 e. The number of hydrogen-bond donors (Lipinski definition) is 1. The van der Waals surface area contributed by atoms with Gasteiger partial charge in [-0.25, -0.2) is 0 Å². The lowest BCUT2D eigenvalue weighted by Gasteiger charge is -2.22. The van der Waals surface area contributed by atoms with Crippen LogP contribution in [0.25, 0.3) is 0 Å². The fourth-order valence-corrected chi connectivity index (χ4v) is 1.54. The Bertz CT molecular complexity index is 419. The molecule has 0 fully saturated rings. The summed E-state index contributed by atoms with van der Waals surface area (Å²) in [5.74, 6) is -0.220. The SMILES string of the molecule is CCN(CC(C)C#N)C(=O)c1ccc(N)cc1. The summed E-state index contributed by atoms with van der Waals surface area (Å²) in [5.41, 5.74) is 6.81. The van der Waals surface area contributed by atoms with Gasteiger partial charge >= 0.3 is 0 Å². The van der Waals surface area contributed by atoms with Gasteiger partial charge in [-0.05, 0) is 38.1 Å². The quantitative estimate of drug-likeness (QED) is 0.804. The van der Waals surface area contributed by atoms with E-state index in [-0.39, 0.29) is 11.8 Å². The summed E-state index contributed by atoms with van der Waals surface area (Å²) >= 11 is 0. The molecule has 2 N–H and O–H groups in total. The standard InChI is InChI=1S/C13H17N3O/c1-3-16(9-10(2)8-14)13(17)11-4-6-12(15)7-5-11/h4-7,10H,3,9,15H2,1-2H3. The summed E-state index contributed by atoms with van der Waals surface area (Å²) in [6, 6.07) is 8.95. The Labute approximate surface area is 102 Å². The summed E-state index contributed by atoms with van der Waals surface area (Å²) < 4.78 is 0. The van der Waals surface area contributed by atoms with Crippen LogP contribution in [0.4, 0.5) is 5.69 Å². The highest BCUT2D eigenvalue weighted by molar-refractivity contribution is 5.94. The highest BCUT2D eigenvalue weighted by atomic mass is 16.2. The normalized spacial score (nSPS) is 11.6. The maximum atomic E-state index is 12.1. The van der Waals surface area contributed by atoms with Crippen LogP contribution in [0.2, 0.25) is 0 Å². The molecule has 0 radical (unpaired) electrons. The lowest BCUT2D eigenvalue weighted by Crippen LogP contribution is -2.34. The van der Waals surface area contributed by atoms with E-state index < -0.39 is 0 Å². The van der Waals surface area contributed by atoms with E-state index in [0.717, 1.165) is 0 Å². The van der Waals surface area contributed by atoms with Crippen LogP contribution in [0.15, 0.2) is 24.3 Å². The van der Waals surface area contributed by atoms with Gasteiger partial charge in [-0.1, -0.05) is 0 Å². The van der Waals surface area contributed by atoms with Gasteiger partial charge in [0.2, 0.25) is 0 Å². The van der Waals surface area contributed by atoms with Crippen molar-refractivity contribution in [2.75, 3.05) is 18.8 Å². The first-order valence-electron chi connectivity index (χ1n) is 5.63. The van der Waals surface area contributed by atoms with Crippen molar-refractivity contribution in [1.29, 1.82) is 5.26 Å². The number of nitriles is 1. The van der Waals surface area contributed by atoms with Gasteiger partial charge in [0.05, 0.1) is 12.0 Å². The van der Waals surface area contributed by atoms with Gasteiger partial charge in [0.15, 0.2) is 0 Å². The molecule has 0 saturated carbocycles. The van der Waals surface area contributed by atoms with E-state index in [1.807, 2.05) is 6.92 Å². The van der Waals surface area contributed by atoms with E-state index in [2.05, 4.69) is 6.07 Å². The second-order valence-electron chi connectivity index (χ2n) is 4.00. The van der Waals surface area contributed by atoms with E-state index >= 15 is 0 Å². The molecular weight excluding hydrogens is 214 g/mol. The highest BCUT2D eigenvalue weighted by Gasteiger charge is 2.16. The van der Waals surface area contributed by atoms with Gasteiger partial charge < -0.3 is 10.6 Å². The fraction of sp³-hybridized carbons (Fsp3) is 0.385. The van der Waals surface area contributed by atoms with Crippen LogP contribution in [0, 0.1) is 17.2 Å². The Kier molecular flexibility index (Phi) is 4.53. The summed E-state index contributed by atoms with van der Waals surface area (Å²) in [6.07, 6.45) is 0. The van der Waals surface area contributed by atoms with Gasteiger partial charge in [0.25, 0.3) is 5.91 Å². The number of carbonyl (C=O) groups excluding carboxylic acids is 1. The van der Waals surface area contributed by atoms with Crippen LogP contribution < -0.4 is 5.73 Å². The van der Waals surface area contributed by atoms with Crippen molar-refractivity contribution in [3.05, 3.63) is 29.8 Å². The molecule has 1 atom stereocenters. The Hall–Kier alpha value is -2.02. The first-order chi connectivity index (χ1) is 8.08. The molecule has 0 spiro atoms. The number of benzene rings is 1. The van der Waals surface area contributed by atoms with E-state index in [1.54, 1.807) is 36.1 Å². The minimum absolute atomic E-state index is 0.0606. The highest BCUT2D eigenvalue weighted by Crippen LogP contribution is 2.10. The van der Waals surface area contributed by atoms with E-state index in [0.29, 0.717) is 24.3 Å². The monoisotopic (exact) mass is 231 g/mol. The Morgan fingerprint density at radius 3 is 2.53 bits per heavy atom. The molecule has 1 aromatic rings. The van der Waals surface area contributed by atoms with Gasteiger partial charge in [0, 0.05) is 24.3 Å². The van der Waals surface area contributed by atoms with Gasteiger partial charge in [0.1, 0.15) is 0 Å². The van der Waals surface area contributed by atoms with Gasteiger partial charge in [-0.2, -0.15) is 5.26 Å². The average Bonchev–Trinajstić information content (AvgIpc) is 2.35. The number of nitrogens with two attached hydrogens (primary N) is 1. The molecule has 0 heterocycles. The number of nitrogen functional groups attached to an aromatic ring is 1. The van der Waals surface area contributed by atoms with Crippen LogP contribution >= 0.6 is 0 Å². The second-order valence-corrected chi connectivity index (χ2v) is 4.00. The number of nitrogens with zero attached hydrogens (tertiary/aromatic N) is 2. The fourth-order valence-electron chi connectivity index (χ4n) is 1.54. The molecule has 1 rings (SSSR count). The zero-order chi connectivity index (χ0) is 12.8. The summed E-state index contributed by atoms with van der Waals surface area (Å²) in [4.78, 5) is 13.8. The van der Waals surface area contributed by atoms with Crippen molar-refractivity contribution in [1.82, 2.24) is 4.90 Å². The predicted octanol–water partition coefficient (Wildman–Crippen LogP) is 1.89. The first-order valence-corrected chi connectivity index (χ1v) is 5.63. The topological polar surface area (TPSA) is 70.1 Å². The molecule has 17 heavy (non-hydrogen) atoms. The Morgan fingerprint density at radius 1 is 1.47 bits per heavy atom. The molecular formula is C13H17N3O. The third kappa shape index (κ3) is 3.49. The van der Waals surface area contributed by atoms with Crippen LogP contribution in [0.3, 0.4) is 0 Å². The molecule has 4 nitrogen and oxygen atoms in total. The van der Waals surface area contributed by atoms with Gasteiger partial charge in [-0.15, -0.1) is 0 Å². The second kappa shape index (κ2) is 5.90. The first kappa shape index (κ1) is 13.0. The minimum atomic E-state index is -0.160. The Balaban J connectivity index is 2.79. The molecule has 0 aromatic heterocycles. The van der Waals surface area contributed by atoms with Crippen molar-refractivity contribution in [3.8, 4) is 6.07 Å². The third-order valence-corrected chi connectivity index (χ3v) is 2.54. The molecule has 1 aromatic carbocycles. The molecule has 0 bridgehead atoms. The molecule has 1 amide bonds. The molecule has 4 heteroatoms. The molecule has 0 aliphatic rings. The molecule has 1 unspecified atom stereocenters. The number of carbonyl (C=O) groups is 1. The number of rotatable bonds is 4. The van der Waals surface area contributed by atoms with E-state index in [1.165, 1.54) is 0 Å². The van der Waals surface area contributed by atoms with Crippen LogP contribution in [0.5, 0.6) is 0 Å². The zero-order valence-electron chi connectivity index (χ0n) is 10.2. The Morgan fingerprint density at radius 2 is 2.06 bits per heavy atom. The molecule has 0 aliphatic carbocycles. The maximum Gasteiger partial charge on any atom is 0.253 e. The zero-order valence-corrected chi connectivity index (χ0v) is 10.2. The maximum absolute atomic E-state index is 12.1. The lowest BCUT2D eigenvalue weighted by atomic mass is 10.1. The molecule has 0 saturated heterocycles. The van der Waals surface area contributed by atoms with Gasteiger partial charge in [-0.3, -0.25) is 4.79 Å². The van der Waals surface area contributed by atoms with Crippen LogP contribution in [-0.2, 0) is 0 Å². The number of hydrogen-bond acceptors (Lipinski definition) is 3. The number of amides is 1. The van der Waals surface area contributed by atoms with Crippen molar-refractivity contribution >= 4 is 11.6 Å². The lowest BCUT2D eigenvalue weighted by molar-refractivity contribution is 0.0753. The largest absolute Gasteiger partial charge is 0.399 e. The molecule has 90 valence electrons.